The highest BCUT2D eigenvalue weighted by atomic mass is 32.2. The number of para-hydroxylation sites is 1. The van der Waals surface area contributed by atoms with E-state index in [1.165, 1.54) is 28.6 Å². The largest absolute Gasteiger partial charge is 0.379 e. The van der Waals surface area contributed by atoms with Crippen LogP contribution < -0.4 is 9.62 Å². The van der Waals surface area contributed by atoms with E-state index in [2.05, 4.69) is 5.32 Å². The highest BCUT2D eigenvalue weighted by Crippen LogP contribution is 2.20. The third kappa shape index (κ3) is 5.36. The average Bonchev–Trinajstić information content (AvgIpc) is 2.73. The molecule has 2 aromatic rings. The van der Waals surface area contributed by atoms with E-state index in [4.69, 9.17) is 4.74 Å². The van der Waals surface area contributed by atoms with Crippen LogP contribution in [0.5, 0.6) is 0 Å². The molecule has 30 heavy (non-hydrogen) atoms. The Morgan fingerprint density at radius 1 is 1.00 bits per heavy atom. The molecular weight excluding hydrogens is 430 g/mol. The molecular formula is C19H23N3O6S2. The fourth-order valence-electron chi connectivity index (χ4n) is 2.97. The van der Waals surface area contributed by atoms with Gasteiger partial charge < -0.3 is 10.1 Å². The number of hydrogen-bond donors (Lipinski definition) is 1. The SMILES string of the molecule is CS(=O)(=O)N(CC(=O)Nc1ccc(S(=O)(=O)N2CCOCC2)cc1)c1ccccc1. The van der Waals surface area contributed by atoms with E-state index >= 15 is 0 Å². The van der Waals surface area contributed by atoms with Crippen molar-refractivity contribution in [3.05, 3.63) is 54.6 Å². The number of anilines is 2. The molecule has 0 radical (unpaired) electrons. The summed E-state index contributed by atoms with van der Waals surface area (Å²) in [6.45, 7) is 0.886. The van der Waals surface area contributed by atoms with Crippen molar-refractivity contribution in [1.29, 1.82) is 0 Å². The van der Waals surface area contributed by atoms with Gasteiger partial charge in [0.05, 0.1) is 30.1 Å². The summed E-state index contributed by atoms with van der Waals surface area (Å²) in [5.41, 5.74) is 0.740. The third-order valence-corrected chi connectivity index (χ3v) is 7.53. The van der Waals surface area contributed by atoms with E-state index < -0.39 is 32.5 Å². The first-order chi connectivity index (χ1) is 14.2. The van der Waals surface area contributed by atoms with Gasteiger partial charge in [-0.1, -0.05) is 18.2 Å². The van der Waals surface area contributed by atoms with Gasteiger partial charge in [0, 0.05) is 18.8 Å². The predicted molar refractivity (Wildman–Crippen MR) is 113 cm³/mol. The van der Waals surface area contributed by atoms with Gasteiger partial charge in [-0.05, 0) is 36.4 Å². The molecule has 1 N–H and O–H groups in total. The van der Waals surface area contributed by atoms with Crippen molar-refractivity contribution < 1.29 is 26.4 Å². The van der Waals surface area contributed by atoms with Crippen LogP contribution in [0.15, 0.2) is 59.5 Å². The minimum Gasteiger partial charge on any atom is -0.379 e. The van der Waals surface area contributed by atoms with Crippen LogP contribution in [0.3, 0.4) is 0 Å². The molecule has 11 heteroatoms. The number of morpholine rings is 1. The second-order valence-corrected chi connectivity index (χ2v) is 10.5. The van der Waals surface area contributed by atoms with Gasteiger partial charge in [0.15, 0.2) is 0 Å². The molecule has 162 valence electrons. The first kappa shape index (κ1) is 22.2. The summed E-state index contributed by atoms with van der Waals surface area (Å²) in [5.74, 6) is -0.548. The van der Waals surface area contributed by atoms with Gasteiger partial charge in [-0.3, -0.25) is 9.10 Å². The first-order valence-electron chi connectivity index (χ1n) is 9.18. The molecule has 1 amide bonds. The Morgan fingerprint density at radius 2 is 1.60 bits per heavy atom. The van der Waals surface area contributed by atoms with Gasteiger partial charge in [-0.15, -0.1) is 0 Å². The van der Waals surface area contributed by atoms with E-state index in [0.717, 1.165) is 10.6 Å². The zero-order valence-corrected chi connectivity index (χ0v) is 18.0. The summed E-state index contributed by atoms with van der Waals surface area (Å²) in [5, 5.41) is 2.60. The Morgan fingerprint density at radius 3 is 2.17 bits per heavy atom. The highest BCUT2D eigenvalue weighted by Gasteiger charge is 2.26. The number of nitrogens with one attached hydrogen (secondary N) is 1. The molecule has 1 aliphatic rings. The average molecular weight is 454 g/mol. The lowest BCUT2D eigenvalue weighted by Crippen LogP contribution is -2.40. The summed E-state index contributed by atoms with van der Waals surface area (Å²) in [7, 11) is -7.29. The van der Waals surface area contributed by atoms with Crippen molar-refractivity contribution in [2.75, 3.05) is 48.7 Å². The number of rotatable bonds is 7. The number of carbonyl (C=O) groups is 1. The molecule has 9 nitrogen and oxygen atoms in total. The maximum atomic E-state index is 12.6. The van der Waals surface area contributed by atoms with Gasteiger partial charge in [0.25, 0.3) is 0 Å². The summed E-state index contributed by atoms with van der Waals surface area (Å²) in [6, 6.07) is 14.1. The Kier molecular flexibility index (Phi) is 6.76. The lowest BCUT2D eigenvalue weighted by molar-refractivity contribution is -0.114. The molecule has 1 heterocycles. The van der Waals surface area contributed by atoms with Crippen LogP contribution in [0.1, 0.15) is 0 Å². The quantitative estimate of drug-likeness (QED) is 0.672. The molecule has 3 rings (SSSR count). The molecule has 1 saturated heterocycles. The number of amides is 1. The molecule has 0 spiro atoms. The van der Waals surface area contributed by atoms with Gasteiger partial charge in [0.2, 0.25) is 26.0 Å². The van der Waals surface area contributed by atoms with Crippen molar-refractivity contribution >= 4 is 37.3 Å². The number of ether oxygens (including phenoxy) is 1. The van der Waals surface area contributed by atoms with Crippen LogP contribution in [0.25, 0.3) is 0 Å². The minimum absolute atomic E-state index is 0.115. The van der Waals surface area contributed by atoms with Crippen LogP contribution >= 0.6 is 0 Å². The number of nitrogens with zero attached hydrogens (tertiary/aromatic N) is 2. The second kappa shape index (κ2) is 9.13. The monoisotopic (exact) mass is 453 g/mol. The normalized spacial score (nSPS) is 15.5. The molecule has 0 bridgehead atoms. The molecule has 0 atom stereocenters. The van der Waals surface area contributed by atoms with Crippen molar-refractivity contribution in [3.8, 4) is 0 Å². The number of sulfonamides is 2. The van der Waals surface area contributed by atoms with Crippen molar-refractivity contribution in [2.24, 2.45) is 0 Å². The molecule has 2 aromatic carbocycles. The molecule has 0 saturated carbocycles. The third-order valence-electron chi connectivity index (χ3n) is 4.48. The van der Waals surface area contributed by atoms with E-state index in [9.17, 15) is 21.6 Å². The summed E-state index contributed by atoms with van der Waals surface area (Å²) < 4.78 is 57.0. The van der Waals surface area contributed by atoms with Crippen LogP contribution in [0, 0.1) is 0 Å². The molecule has 0 unspecified atom stereocenters. The Bertz CT molecular complexity index is 1080. The second-order valence-electron chi connectivity index (χ2n) is 6.69. The maximum Gasteiger partial charge on any atom is 0.245 e. The lowest BCUT2D eigenvalue weighted by atomic mass is 10.3. The minimum atomic E-state index is -3.67. The predicted octanol–water partition coefficient (Wildman–Crippen LogP) is 1.11. The Hall–Kier alpha value is -2.47. The zero-order chi connectivity index (χ0) is 21.8. The van der Waals surface area contributed by atoms with Crippen molar-refractivity contribution in [1.82, 2.24) is 4.31 Å². The van der Waals surface area contributed by atoms with Crippen LogP contribution in [0.2, 0.25) is 0 Å². The summed E-state index contributed by atoms with van der Waals surface area (Å²) in [6.07, 6.45) is 1.03. The van der Waals surface area contributed by atoms with Gasteiger partial charge in [0.1, 0.15) is 6.54 Å². The van der Waals surface area contributed by atoms with Gasteiger partial charge >= 0.3 is 0 Å². The zero-order valence-electron chi connectivity index (χ0n) is 16.4. The number of carbonyl (C=O) groups excluding carboxylic acids is 1. The van der Waals surface area contributed by atoms with E-state index in [-0.39, 0.29) is 4.90 Å². The topological polar surface area (TPSA) is 113 Å². The summed E-state index contributed by atoms with van der Waals surface area (Å²) >= 11 is 0. The fraction of sp³-hybridized carbons (Fsp3) is 0.316. The first-order valence-corrected chi connectivity index (χ1v) is 12.5. The van der Waals surface area contributed by atoms with Gasteiger partial charge in [-0.2, -0.15) is 4.31 Å². The van der Waals surface area contributed by atoms with Crippen molar-refractivity contribution in [3.63, 3.8) is 0 Å². The Balaban J connectivity index is 1.69. The lowest BCUT2D eigenvalue weighted by Gasteiger charge is -2.26. The molecule has 1 aliphatic heterocycles. The molecule has 0 aromatic heterocycles. The summed E-state index contributed by atoms with van der Waals surface area (Å²) in [4.78, 5) is 12.5. The standard InChI is InChI=1S/C19H23N3O6S2/c1-29(24,25)22(17-5-3-2-4-6-17)15-19(23)20-16-7-9-18(10-8-16)30(26,27)21-11-13-28-14-12-21/h2-10H,11-15H2,1H3,(H,20,23). The number of benzene rings is 2. The van der Waals surface area contributed by atoms with E-state index in [1.807, 2.05) is 0 Å². The van der Waals surface area contributed by atoms with E-state index in [1.54, 1.807) is 30.3 Å². The van der Waals surface area contributed by atoms with Crippen LogP contribution in [0.4, 0.5) is 11.4 Å². The van der Waals surface area contributed by atoms with Gasteiger partial charge in [-0.25, -0.2) is 16.8 Å². The van der Waals surface area contributed by atoms with Crippen LogP contribution in [-0.2, 0) is 29.6 Å². The Labute approximate surface area is 176 Å². The molecule has 0 aliphatic carbocycles. The van der Waals surface area contributed by atoms with E-state index in [0.29, 0.717) is 37.7 Å². The molecule has 1 fully saturated rings. The number of hydrogen-bond acceptors (Lipinski definition) is 6. The van der Waals surface area contributed by atoms with Crippen LogP contribution in [-0.4, -0.2) is 66.2 Å². The maximum absolute atomic E-state index is 12.6. The van der Waals surface area contributed by atoms with Crippen molar-refractivity contribution in [2.45, 2.75) is 4.90 Å². The fourth-order valence-corrected chi connectivity index (χ4v) is 5.24. The highest BCUT2D eigenvalue weighted by molar-refractivity contribution is 7.92. The smallest absolute Gasteiger partial charge is 0.245 e.